The summed E-state index contributed by atoms with van der Waals surface area (Å²) in [4.78, 5) is 0. The van der Waals surface area contributed by atoms with Crippen molar-refractivity contribution in [2.24, 2.45) is 0 Å². The van der Waals surface area contributed by atoms with Crippen molar-refractivity contribution in [3.05, 3.63) is 53.9 Å². The molecule has 0 aliphatic rings. The first-order valence-corrected chi connectivity index (χ1v) is 6.48. The maximum atomic E-state index is 9.63. The van der Waals surface area contributed by atoms with Gasteiger partial charge in [0.25, 0.3) is 0 Å². The first-order chi connectivity index (χ1) is 9.68. The van der Waals surface area contributed by atoms with Crippen LogP contribution in [-0.2, 0) is 15.3 Å². The molecular formula is C15H20N2O3. The van der Waals surface area contributed by atoms with Crippen LogP contribution in [0.2, 0.25) is 0 Å². The summed E-state index contributed by atoms with van der Waals surface area (Å²) in [7, 11) is 3.01. The van der Waals surface area contributed by atoms with Crippen molar-refractivity contribution in [2.45, 2.75) is 18.8 Å². The van der Waals surface area contributed by atoms with Crippen LogP contribution in [0.5, 0.6) is 0 Å². The molecule has 1 aromatic heterocycles. The number of hydrogen-bond acceptors (Lipinski definition) is 4. The van der Waals surface area contributed by atoms with E-state index in [2.05, 4.69) is 5.10 Å². The Balaban J connectivity index is 2.43. The number of benzene rings is 1. The van der Waals surface area contributed by atoms with Crippen molar-refractivity contribution in [3.63, 3.8) is 0 Å². The number of aromatic nitrogens is 2. The highest BCUT2D eigenvalue weighted by molar-refractivity contribution is 5.21. The van der Waals surface area contributed by atoms with Gasteiger partial charge in [-0.05, 0) is 18.6 Å². The van der Waals surface area contributed by atoms with Gasteiger partial charge in [-0.3, -0.25) is 4.68 Å². The largest absolute Gasteiger partial charge is 0.390 e. The molecule has 2 aromatic rings. The Morgan fingerprint density at radius 2 is 1.85 bits per heavy atom. The van der Waals surface area contributed by atoms with Crippen molar-refractivity contribution in [1.82, 2.24) is 9.78 Å². The van der Waals surface area contributed by atoms with Gasteiger partial charge in [0.1, 0.15) is 12.3 Å². The van der Waals surface area contributed by atoms with Crippen molar-refractivity contribution in [3.8, 4) is 0 Å². The Hall–Kier alpha value is -1.69. The number of hydrogen-bond donors (Lipinski definition) is 1. The lowest BCUT2D eigenvalue weighted by molar-refractivity contribution is -0.240. The van der Waals surface area contributed by atoms with E-state index in [0.29, 0.717) is 5.69 Å². The maximum absolute atomic E-state index is 9.63. The fraction of sp³-hybridized carbons (Fsp3) is 0.400. The van der Waals surface area contributed by atoms with Gasteiger partial charge in [0.15, 0.2) is 0 Å². The zero-order chi connectivity index (χ0) is 14.6. The Morgan fingerprint density at radius 1 is 1.20 bits per heavy atom. The number of rotatable bonds is 6. The second kappa shape index (κ2) is 6.17. The first kappa shape index (κ1) is 14.7. The molecule has 0 amide bonds. The van der Waals surface area contributed by atoms with Gasteiger partial charge in [-0.1, -0.05) is 30.3 Å². The van der Waals surface area contributed by atoms with Crippen LogP contribution in [0.3, 0.4) is 0 Å². The van der Waals surface area contributed by atoms with E-state index in [-0.39, 0.29) is 12.6 Å². The van der Waals surface area contributed by atoms with E-state index in [1.807, 2.05) is 37.3 Å². The van der Waals surface area contributed by atoms with Crippen molar-refractivity contribution in [1.29, 1.82) is 0 Å². The highest BCUT2D eigenvalue weighted by atomic mass is 16.7. The van der Waals surface area contributed by atoms with Gasteiger partial charge in [-0.25, -0.2) is 0 Å². The average Bonchev–Trinajstić information content (AvgIpc) is 3.00. The Labute approximate surface area is 118 Å². The molecule has 1 N–H and O–H groups in total. The predicted molar refractivity (Wildman–Crippen MR) is 75.3 cm³/mol. The third-order valence-electron chi connectivity index (χ3n) is 3.58. The van der Waals surface area contributed by atoms with Crippen molar-refractivity contribution < 1.29 is 14.6 Å². The van der Waals surface area contributed by atoms with E-state index in [9.17, 15) is 5.11 Å². The second-order valence-corrected chi connectivity index (χ2v) is 4.57. The molecule has 0 saturated carbocycles. The van der Waals surface area contributed by atoms with E-state index in [1.54, 1.807) is 16.9 Å². The molecule has 20 heavy (non-hydrogen) atoms. The number of ether oxygens (including phenoxy) is 2. The lowest BCUT2D eigenvalue weighted by Crippen LogP contribution is -2.38. The number of nitrogens with zero attached hydrogens (tertiary/aromatic N) is 2. The predicted octanol–water partition coefficient (Wildman–Crippen LogP) is 1.93. The molecule has 0 fully saturated rings. The van der Waals surface area contributed by atoms with Crippen LogP contribution in [0.4, 0.5) is 0 Å². The van der Waals surface area contributed by atoms with Gasteiger partial charge < -0.3 is 14.6 Å². The Kier molecular flexibility index (Phi) is 4.54. The minimum Gasteiger partial charge on any atom is -0.390 e. The fourth-order valence-electron chi connectivity index (χ4n) is 2.30. The van der Waals surface area contributed by atoms with Crippen LogP contribution in [0.25, 0.3) is 0 Å². The normalized spacial score (nSPS) is 13.4. The summed E-state index contributed by atoms with van der Waals surface area (Å²) in [6.45, 7) is 1.76. The third-order valence-corrected chi connectivity index (χ3v) is 3.58. The van der Waals surface area contributed by atoms with E-state index in [4.69, 9.17) is 9.47 Å². The average molecular weight is 276 g/mol. The van der Waals surface area contributed by atoms with Gasteiger partial charge in [-0.2, -0.15) is 5.10 Å². The SMILES string of the molecule is COC(CO)(OC)c1ccnn1[C@H](C)c1ccccc1. The summed E-state index contributed by atoms with van der Waals surface area (Å²) in [6, 6.07) is 11.8. The Bertz CT molecular complexity index is 527. The Morgan fingerprint density at radius 3 is 2.40 bits per heavy atom. The monoisotopic (exact) mass is 276 g/mol. The summed E-state index contributed by atoms with van der Waals surface area (Å²) < 4.78 is 12.6. The smallest absolute Gasteiger partial charge is 0.235 e. The van der Waals surface area contributed by atoms with Crippen LogP contribution in [-0.4, -0.2) is 35.7 Å². The van der Waals surface area contributed by atoms with E-state index in [1.165, 1.54) is 14.2 Å². The second-order valence-electron chi connectivity index (χ2n) is 4.57. The highest BCUT2D eigenvalue weighted by Gasteiger charge is 2.36. The van der Waals surface area contributed by atoms with Crippen LogP contribution in [0.1, 0.15) is 24.2 Å². The number of methoxy groups -OCH3 is 2. The molecule has 5 heteroatoms. The highest BCUT2D eigenvalue weighted by Crippen LogP contribution is 2.29. The molecule has 0 radical (unpaired) electrons. The molecular weight excluding hydrogens is 256 g/mol. The van der Waals surface area contributed by atoms with Crippen molar-refractivity contribution in [2.75, 3.05) is 20.8 Å². The summed E-state index contributed by atoms with van der Waals surface area (Å²) in [5.41, 5.74) is 1.80. The minimum atomic E-state index is -1.19. The molecule has 0 spiro atoms. The summed E-state index contributed by atoms with van der Waals surface area (Å²) in [5, 5.41) is 14.0. The number of aliphatic hydroxyl groups excluding tert-OH is 1. The molecule has 2 rings (SSSR count). The van der Waals surface area contributed by atoms with E-state index >= 15 is 0 Å². The molecule has 1 aromatic carbocycles. The zero-order valence-corrected chi connectivity index (χ0v) is 12.0. The van der Waals surface area contributed by atoms with Crippen molar-refractivity contribution >= 4 is 0 Å². The van der Waals surface area contributed by atoms with Gasteiger partial charge in [0.05, 0.1) is 6.04 Å². The molecule has 1 heterocycles. The van der Waals surface area contributed by atoms with Crippen LogP contribution in [0.15, 0.2) is 42.6 Å². The van der Waals surface area contributed by atoms with E-state index in [0.717, 1.165) is 5.56 Å². The third kappa shape index (κ3) is 2.47. The summed E-state index contributed by atoms with van der Waals surface area (Å²) >= 11 is 0. The lowest BCUT2D eigenvalue weighted by atomic mass is 10.1. The quantitative estimate of drug-likeness (QED) is 0.819. The molecule has 108 valence electrons. The maximum Gasteiger partial charge on any atom is 0.235 e. The zero-order valence-electron chi connectivity index (χ0n) is 12.0. The minimum absolute atomic E-state index is 0.0115. The van der Waals surface area contributed by atoms with Gasteiger partial charge >= 0.3 is 0 Å². The molecule has 0 unspecified atom stereocenters. The lowest BCUT2D eigenvalue weighted by Gasteiger charge is -2.30. The molecule has 0 saturated heterocycles. The van der Waals surface area contributed by atoms with E-state index < -0.39 is 5.79 Å². The summed E-state index contributed by atoms with van der Waals surface area (Å²) in [5.74, 6) is -1.19. The van der Waals surface area contributed by atoms with Gasteiger partial charge in [-0.15, -0.1) is 0 Å². The summed E-state index contributed by atoms with van der Waals surface area (Å²) in [6.07, 6.45) is 1.68. The molecule has 0 bridgehead atoms. The van der Waals surface area contributed by atoms with Crippen LogP contribution in [0, 0.1) is 0 Å². The van der Waals surface area contributed by atoms with Gasteiger partial charge in [0.2, 0.25) is 5.79 Å². The fourth-order valence-corrected chi connectivity index (χ4v) is 2.30. The standard InChI is InChI=1S/C15H20N2O3/c1-12(13-7-5-4-6-8-13)17-14(9-10-16-17)15(11-18,19-2)20-3/h4-10,12,18H,11H2,1-3H3/t12-/m1/s1. The first-order valence-electron chi connectivity index (χ1n) is 6.48. The van der Waals surface area contributed by atoms with Gasteiger partial charge in [0, 0.05) is 20.4 Å². The molecule has 0 aliphatic heterocycles. The topological polar surface area (TPSA) is 56.5 Å². The number of aliphatic hydroxyl groups is 1. The van der Waals surface area contributed by atoms with Crippen LogP contribution >= 0.6 is 0 Å². The van der Waals surface area contributed by atoms with Crippen LogP contribution < -0.4 is 0 Å². The molecule has 1 atom stereocenters. The molecule has 5 nitrogen and oxygen atoms in total. The molecule has 0 aliphatic carbocycles.